The number of amides is 2. The summed E-state index contributed by atoms with van der Waals surface area (Å²) in [7, 11) is 1.86. The summed E-state index contributed by atoms with van der Waals surface area (Å²) in [5.74, 6) is 0. The van der Waals surface area contributed by atoms with Gasteiger partial charge in [0.2, 0.25) is 0 Å². The number of nitrogens with one attached hydrogen (secondary N) is 1. The fraction of sp³-hybridized carbons (Fsp3) is 0.692. The number of morpholine rings is 1. The molecule has 1 aromatic rings. The quantitative estimate of drug-likeness (QED) is 0.885. The van der Waals surface area contributed by atoms with Crippen molar-refractivity contribution in [2.24, 2.45) is 7.05 Å². The van der Waals surface area contributed by atoms with E-state index in [1.54, 1.807) is 4.68 Å². The molecule has 0 saturated carbocycles. The second-order valence-electron chi connectivity index (χ2n) is 4.96. The van der Waals surface area contributed by atoms with Crippen LogP contribution in [0.5, 0.6) is 0 Å². The zero-order valence-corrected chi connectivity index (χ0v) is 12.0. The van der Waals surface area contributed by atoms with Gasteiger partial charge < -0.3 is 15.0 Å². The zero-order valence-electron chi connectivity index (χ0n) is 12.0. The molecule has 0 aliphatic carbocycles. The van der Waals surface area contributed by atoms with Gasteiger partial charge in [0.1, 0.15) is 0 Å². The topological polar surface area (TPSA) is 59.4 Å². The fourth-order valence-corrected chi connectivity index (χ4v) is 2.31. The van der Waals surface area contributed by atoms with Gasteiger partial charge in [-0.25, -0.2) is 4.79 Å². The van der Waals surface area contributed by atoms with Crippen LogP contribution in [0.2, 0.25) is 0 Å². The number of hydrogen-bond donors (Lipinski definition) is 1. The summed E-state index contributed by atoms with van der Waals surface area (Å²) in [5.41, 5.74) is 1.70. The van der Waals surface area contributed by atoms with Gasteiger partial charge in [-0.3, -0.25) is 4.68 Å². The van der Waals surface area contributed by atoms with Crippen LogP contribution in [0.4, 0.5) is 10.5 Å². The summed E-state index contributed by atoms with van der Waals surface area (Å²) < 4.78 is 7.25. The molecule has 2 heterocycles. The highest BCUT2D eigenvalue weighted by atomic mass is 16.5. The Morgan fingerprint density at radius 3 is 3.00 bits per heavy atom. The van der Waals surface area contributed by atoms with Crippen LogP contribution in [0.25, 0.3) is 0 Å². The van der Waals surface area contributed by atoms with Crippen LogP contribution in [0.3, 0.4) is 0 Å². The molecule has 1 aliphatic heterocycles. The maximum absolute atomic E-state index is 12.3. The third-order valence-corrected chi connectivity index (χ3v) is 3.63. The van der Waals surface area contributed by atoms with E-state index in [9.17, 15) is 4.79 Å². The molecule has 0 aromatic carbocycles. The number of urea groups is 1. The summed E-state index contributed by atoms with van der Waals surface area (Å²) in [5, 5.41) is 7.27. The molecule has 6 nitrogen and oxygen atoms in total. The van der Waals surface area contributed by atoms with E-state index >= 15 is 0 Å². The molecule has 0 bridgehead atoms. The average Bonchev–Trinajstić information content (AvgIpc) is 2.72. The standard InChI is InChI=1S/C13H22N4O2/c1-5-11-12(8-16(4)15-11)14-13(18)17-6-7-19-10(3)9(17)2/h8-10H,5-7H2,1-4H3,(H,14,18). The van der Waals surface area contributed by atoms with Gasteiger partial charge in [0.15, 0.2) is 0 Å². The van der Waals surface area contributed by atoms with E-state index in [1.165, 1.54) is 0 Å². The lowest BCUT2D eigenvalue weighted by molar-refractivity contribution is -0.0355. The Morgan fingerprint density at radius 2 is 2.32 bits per heavy atom. The third-order valence-electron chi connectivity index (χ3n) is 3.63. The predicted molar refractivity (Wildman–Crippen MR) is 73.2 cm³/mol. The van der Waals surface area contributed by atoms with Gasteiger partial charge in [0.05, 0.1) is 30.1 Å². The van der Waals surface area contributed by atoms with Crippen molar-refractivity contribution in [1.82, 2.24) is 14.7 Å². The average molecular weight is 266 g/mol. The summed E-state index contributed by atoms with van der Waals surface area (Å²) in [6, 6.07) is 0.000785. The van der Waals surface area contributed by atoms with Gasteiger partial charge in [0.25, 0.3) is 0 Å². The minimum Gasteiger partial charge on any atom is -0.375 e. The smallest absolute Gasteiger partial charge is 0.322 e. The van der Waals surface area contributed by atoms with Crippen molar-refractivity contribution in [2.45, 2.75) is 39.3 Å². The Bertz CT molecular complexity index is 457. The van der Waals surface area contributed by atoms with Gasteiger partial charge >= 0.3 is 6.03 Å². The molecule has 2 amide bonds. The summed E-state index contributed by atoms with van der Waals surface area (Å²) >= 11 is 0. The minimum absolute atomic E-state index is 0.0686. The number of aryl methyl sites for hydroxylation is 2. The molecule has 1 saturated heterocycles. The Kier molecular flexibility index (Phi) is 4.09. The van der Waals surface area contributed by atoms with E-state index in [0.717, 1.165) is 17.8 Å². The van der Waals surface area contributed by atoms with E-state index in [1.807, 2.05) is 38.9 Å². The molecular formula is C13H22N4O2. The van der Waals surface area contributed by atoms with E-state index in [2.05, 4.69) is 10.4 Å². The minimum atomic E-state index is -0.0784. The van der Waals surface area contributed by atoms with Gasteiger partial charge in [0, 0.05) is 19.8 Å². The van der Waals surface area contributed by atoms with Crippen molar-refractivity contribution in [3.05, 3.63) is 11.9 Å². The van der Waals surface area contributed by atoms with Crippen LogP contribution in [-0.2, 0) is 18.2 Å². The lowest BCUT2D eigenvalue weighted by Gasteiger charge is -2.37. The van der Waals surface area contributed by atoms with Crippen LogP contribution < -0.4 is 5.32 Å². The number of rotatable bonds is 2. The largest absolute Gasteiger partial charge is 0.375 e. The van der Waals surface area contributed by atoms with Gasteiger partial charge in [-0.05, 0) is 20.3 Å². The van der Waals surface area contributed by atoms with E-state index in [0.29, 0.717) is 13.2 Å². The molecular weight excluding hydrogens is 244 g/mol. The monoisotopic (exact) mass is 266 g/mol. The Balaban J connectivity index is 2.07. The first-order chi connectivity index (χ1) is 9.02. The number of carbonyl (C=O) groups is 1. The number of ether oxygens (including phenoxy) is 1. The molecule has 2 rings (SSSR count). The van der Waals surface area contributed by atoms with Crippen LogP contribution >= 0.6 is 0 Å². The molecule has 0 radical (unpaired) electrons. The Labute approximate surface area is 113 Å². The molecule has 1 N–H and O–H groups in total. The van der Waals surface area contributed by atoms with Crippen molar-refractivity contribution in [2.75, 3.05) is 18.5 Å². The molecule has 0 spiro atoms. The Hall–Kier alpha value is -1.56. The number of nitrogens with zero attached hydrogens (tertiary/aromatic N) is 3. The first-order valence-electron chi connectivity index (χ1n) is 6.74. The van der Waals surface area contributed by atoms with Crippen LogP contribution in [0, 0.1) is 0 Å². The predicted octanol–water partition coefficient (Wildman–Crippen LogP) is 1.62. The normalized spacial score (nSPS) is 23.5. The maximum Gasteiger partial charge on any atom is 0.322 e. The SMILES string of the molecule is CCc1nn(C)cc1NC(=O)N1CCOC(C)C1C. The highest BCUT2D eigenvalue weighted by Gasteiger charge is 2.29. The summed E-state index contributed by atoms with van der Waals surface area (Å²) in [4.78, 5) is 14.1. The lowest BCUT2D eigenvalue weighted by atomic mass is 10.1. The first kappa shape index (κ1) is 13.9. The molecule has 1 aliphatic rings. The molecule has 1 fully saturated rings. The number of carbonyl (C=O) groups excluding carboxylic acids is 1. The summed E-state index contributed by atoms with van der Waals surface area (Å²) in [6.07, 6.45) is 2.70. The van der Waals surface area contributed by atoms with E-state index in [4.69, 9.17) is 4.74 Å². The second-order valence-corrected chi connectivity index (χ2v) is 4.96. The maximum atomic E-state index is 12.3. The molecule has 2 atom stereocenters. The first-order valence-corrected chi connectivity index (χ1v) is 6.74. The summed E-state index contributed by atoms with van der Waals surface area (Å²) in [6.45, 7) is 7.24. The highest BCUT2D eigenvalue weighted by molar-refractivity contribution is 5.90. The molecule has 6 heteroatoms. The second kappa shape index (κ2) is 5.61. The zero-order chi connectivity index (χ0) is 14.0. The third kappa shape index (κ3) is 2.89. The Morgan fingerprint density at radius 1 is 1.58 bits per heavy atom. The number of aromatic nitrogens is 2. The van der Waals surface area contributed by atoms with Gasteiger partial charge in [-0.1, -0.05) is 6.92 Å². The van der Waals surface area contributed by atoms with Gasteiger partial charge in [-0.2, -0.15) is 5.10 Å². The number of hydrogen-bond acceptors (Lipinski definition) is 3. The molecule has 2 unspecified atom stereocenters. The van der Waals surface area contributed by atoms with Crippen LogP contribution in [0.15, 0.2) is 6.20 Å². The van der Waals surface area contributed by atoms with Crippen molar-refractivity contribution in [3.8, 4) is 0 Å². The lowest BCUT2D eigenvalue weighted by Crippen LogP contribution is -2.52. The van der Waals surface area contributed by atoms with Gasteiger partial charge in [-0.15, -0.1) is 0 Å². The highest BCUT2D eigenvalue weighted by Crippen LogP contribution is 2.18. The molecule has 106 valence electrons. The van der Waals surface area contributed by atoms with Crippen molar-refractivity contribution in [1.29, 1.82) is 0 Å². The molecule has 1 aromatic heterocycles. The van der Waals surface area contributed by atoms with Crippen molar-refractivity contribution in [3.63, 3.8) is 0 Å². The van der Waals surface area contributed by atoms with Crippen LogP contribution in [-0.4, -0.2) is 46.0 Å². The van der Waals surface area contributed by atoms with Crippen molar-refractivity contribution >= 4 is 11.7 Å². The van der Waals surface area contributed by atoms with Crippen LogP contribution in [0.1, 0.15) is 26.5 Å². The fourth-order valence-electron chi connectivity index (χ4n) is 2.31. The van der Waals surface area contributed by atoms with Crippen molar-refractivity contribution < 1.29 is 9.53 Å². The van der Waals surface area contributed by atoms with E-state index < -0.39 is 0 Å². The molecule has 19 heavy (non-hydrogen) atoms. The van der Waals surface area contributed by atoms with E-state index in [-0.39, 0.29) is 18.2 Å². The number of anilines is 1.